The lowest BCUT2D eigenvalue weighted by Gasteiger charge is -2.13. The Labute approximate surface area is 180 Å². The number of aromatic nitrogens is 5. The van der Waals surface area contributed by atoms with E-state index in [4.69, 9.17) is 9.97 Å². The molecule has 0 saturated heterocycles. The van der Waals surface area contributed by atoms with Crippen molar-refractivity contribution in [2.45, 2.75) is 38.8 Å². The smallest absolute Gasteiger partial charge is 0.387 e. The van der Waals surface area contributed by atoms with Crippen LogP contribution in [-0.4, -0.2) is 31.5 Å². The van der Waals surface area contributed by atoms with Crippen LogP contribution in [-0.2, 0) is 19.4 Å². The maximum absolute atomic E-state index is 12.3. The van der Waals surface area contributed by atoms with Gasteiger partial charge in [0.1, 0.15) is 22.1 Å². The second-order valence-corrected chi connectivity index (χ2v) is 8.18. The highest BCUT2D eigenvalue weighted by molar-refractivity contribution is 7.19. The van der Waals surface area contributed by atoms with Crippen molar-refractivity contribution in [3.8, 4) is 17.3 Å². The predicted molar refractivity (Wildman–Crippen MR) is 113 cm³/mol. The number of ether oxygens (including phenoxy) is 1. The standard InChI is InChI=1S/C21H18F2N6OS/c22-21(23)30-13-6-5-12(26-10-13)9-27-19-17-14-3-1-2-4-16(14)31-20(17)29-18(28-19)15-11-24-7-8-25-15/h5-8,10-11,21H,1-4,9H2,(H,27,28,29). The van der Waals surface area contributed by atoms with E-state index >= 15 is 0 Å². The second-order valence-electron chi connectivity index (χ2n) is 7.09. The summed E-state index contributed by atoms with van der Waals surface area (Å²) in [6.45, 7) is -2.49. The van der Waals surface area contributed by atoms with Crippen molar-refractivity contribution in [1.29, 1.82) is 0 Å². The third-order valence-corrected chi connectivity index (χ3v) is 6.25. The van der Waals surface area contributed by atoms with E-state index in [0.29, 0.717) is 23.8 Å². The summed E-state index contributed by atoms with van der Waals surface area (Å²) in [7, 11) is 0. The molecule has 0 fully saturated rings. The third-order valence-electron chi connectivity index (χ3n) is 5.07. The van der Waals surface area contributed by atoms with E-state index in [2.05, 4.69) is 25.0 Å². The third kappa shape index (κ3) is 4.15. The van der Waals surface area contributed by atoms with Crippen molar-refractivity contribution < 1.29 is 13.5 Å². The van der Waals surface area contributed by atoms with Gasteiger partial charge in [-0.3, -0.25) is 9.97 Å². The molecule has 1 aliphatic carbocycles. The lowest BCUT2D eigenvalue weighted by atomic mass is 9.97. The van der Waals surface area contributed by atoms with Crippen LogP contribution in [0.5, 0.6) is 5.75 Å². The summed E-state index contributed by atoms with van der Waals surface area (Å²) in [4.78, 5) is 24.5. The van der Waals surface area contributed by atoms with Crippen molar-refractivity contribution >= 4 is 27.4 Å². The number of nitrogens with zero attached hydrogens (tertiary/aromatic N) is 5. The largest absolute Gasteiger partial charge is 0.433 e. The molecule has 4 heterocycles. The number of alkyl halides is 2. The monoisotopic (exact) mass is 440 g/mol. The fourth-order valence-corrected chi connectivity index (χ4v) is 4.94. The zero-order chi connectivity index (χ0) is 21.2. The van der Waals surface area contributed by atoms with Gasteiger partial charge in [0.25, 0.3) is 0 Å². The quantitative estimate of drug-likeness (QED) is 0.468. The first-order valence-corrected chi connectivity index (χ1v) is 10.7. The molecule has 5 rings (SSSR count). The lowest BCUT2D eigenvalue weighted by molar-refractivity contribution is -0.0500. The molecule has 7 nitrogen and oxygen atoms in total. The summed E-state index contributed by atoms with van der Waals surface area (Å²) in [6, 6.07) is 3.12. The number of halogens is 2. The number of thiophene rings is 1. The number of nitrogens with one attached hydrogen (secondary N) is 1. The van der Waals surface area contributed by atoms with Gasteiger partial charge < -0.3 is 10.1 Å². The molecule has 158 valence electrons. The van der Waals surface area contributed by atoms with Gasteiger partial charge in [-0.1, -0.05) is 0 Å². The molecule has 0 bridgehead atoms. The maximum Gasteiger partial charge on any atom is 0.387 e. The van der Waals surface area contributed by atoms with Gasteiger partial charge in [0.2, 0.25) is 0 Å². The van der Waals surface area contributed by atoms with Crippen LogP contribution in [0.15, 0.2) is 36.9 Å². The molecular weight excluding hydrogens is 422 g/mol. The molecule has 0 aromatic carbocycles. The van der Waals surface area contributed by atoms with Gasteiger partial charge in [0.15, 0.2) is 5.82 Å². The highest BCUT2D eigenvalue weighted by Gasteiger charge is 2.22. The second kappa shape index (κ2) is 8.46. The maximum atomic E-state index is 12.3. The van der Waals surface area contributed by atoms with Crippen molar-refractivity contribution in [3.63, 3.8) is 0 Å². The van der Waals surface area contributed by atoms with Crippen LogP contribution in [0.4, 0.5) is 14.6 Å². The van der Waals surface area contributed by atoms with Gasteiger partial charge in [0.05, 0.1) is 30.0 Å². The van der Waals surface area contributed by atoms with E-state index < -0.39 is 6.61 Å². The molecule has 4 aromatic rings. The van der Waals surface area contributed by atoms with Gasteiger partial charge in [-0.25, -0.2) is 15.0 Å². The molecule has 0 spiro atoms. The first kappa shape index (κ1) is 19.7. The normalized spacial score (nSPS) is 13.4. The van der Waals surface area contributed by atoms with E-state index in [-0.39, 0.29) is 5.75 Å². The zero-order valence-corrected chi connectivity index (χ0v) is 17.2. The summed E-state index contributed by atoms with van der Waals surface area (Å²) in [5.74, 6) is 1.26. The number of rotatable bonds is 6. The van der Waals surface area contributed by atoms with Crippen molar-refractivity contribution in [1.82, 2.24) is 24.9 Å². The number of fused-ring (bicyclic) bond motifs is 3. The minimum Gasteiger partial charge on any atom is -0.433 e. The fourth-order valence-electron chi connectivity index (χ4n) is 3.68. The Bertz CT molecular complexity index is 1200. The van der Waals surface area contributed by atoms with Crippen LogP contribution in [0.3, 0.4) is 0 Å². The number of hydrogen-bond acceptors (Lipinski definition) is 8. The molecule has 31 heavy (non-hydrogen) atoms. The summed E-state index contributed by atoms with van der Waals surface area (Å²) in [5, 5.41) is 4.41. The van der Waals surface area contributed by atoms with E-state index in [1.807, 2.05) is 0 Å². The van der Waals surface area contributed by atoms with Crippen LogP contribution in [0.2, 0.25) is 0 Å². The SMILES string of the molecule is FC(F)Oc1ccc(CNc2nc(-c3cnccn3)nc3sc4c(c23)CCCC4)nc1. The molecular formula is C21H18F2N6OS. The molecule has 0 radical (unpaired) electrons. The summed E-state index contributed by atoms with van der Waals surface area (Å²) in [6.07, 6.45) is 10.6. The van der Waals surface area contributed by atoms with Crippen LogP contribution < -0.4 is 10.1 Å². The van der Waals surface area contributed by atoms with Crippen molar-refractivity contribution in [2.75, 3.05) is 5.32 Å². The molecule has 1 N–H and O–H groups in total. The number of hydrogen-bond donors (Lipinski definition) is 1. The average Bonchev–Trinajstić information content (AvgIpc) is 3.17. The molecule has 0 aliphatic heterocycles. The molecule has 0 saturated carbocycles. The number of pyridine rings is 1. The van der Waals surface area contributed by atoms with Crippen molar-refractivity contribution in [2.24, 2.45) is 0 Å². The Hall–Kier alpha value is -3.27. The predicted octanol–water partition coefficient (Wildman–Crippen LogP) is 4.64. The molecule has 0 unspecified atom stereocenters. The minimum absolute atomic E-state index is 0.0278. The Morgan fingerprint density at radius 2 is 1.97 bits per heavy atom. The summed E-state index contributed by atoms with van der Waals surface area (Å²) in [5.41, 5.74) is 2.59. The van der Waals surface area contributed by atoms with E-state index in [1.54, 1.807) is 36.0 Å². The summed E-state index contributed by atoms with van der Waals surface area (Å²) >= 11 is 1.71. The van der Waals surface area contributed by atoms with Gasteiger partial charge >= 0.3 is 6.61 Å². The van der Waals surface area contributed by atoms with E-state index in [9.17, 15) is 8.78 Å². The fraction of sp³-hybridized carbons (Fsp3) is 0.286. The highest BCUT2D eigenvalue weighted by atomic mass is 32.1. The highest BCUT2D eigenvalue weighted by Crippen LogP contribution is 2.39. The first-order valence-electron chi connectivity index (χ1n) is 9.89. The first-order chi connectivity index (χ1) is 15.2. The van der Waals surface area contributed by atoms with Gasteiger partial charge in [-0.05, 0) is 43.4 Å². The van der Waals surface area contributed by atoms with Gasteiger partial charge in [-0.2, -0.15) is 8.78 Å². The number of anilines is 1. The molecule has 10 heteroatoms. The summed E-state index contributed by atoms with van der Waals surface area (Å²) < 4.78 is 29.0. The minimum atomic E-state index is -2.87. The zero-order valence-electron chi connectivity index (χ0n) is 16.4. The van der Waals surface area contributed by atoms with E-state index in [1.165, 1.54) is 29.1 Å². The Balaban J connectivity index is 1.49. The topological polar surface area (TPSA) is 85.7 Å². The molecule has 0 atom stereocenters. The van der Waals surface area contributed by atoms with Gasteiger partial charge in [-0.15, -0.1) is 11.3 Å². The Morgan fingerprint density at radius 1 is 1.06 bits per heavy atom. The molecule has 1 aliphatic rings. The van der Waals surface area contributed by atoms with Crippen LogP contribution in [0.25, 0.3) is 21.7 Å². The Morgan fingerprint density at radius 3 is 2.74 bits per heavy atom. The van der Waals surface area contributed by atoms with E-state index in [0.717, 1.165) is 35.3 Å². The lowest BCUT2D eigenvalue weighted by Crippen LogP contribution is -2.07. The van der Waals surface area contributed by atoms with Crippen LogP contribution in [0, 0.1) is 0 Å². The van der Waals surface area contributed by atoms with Crippen molar-refractivity contribution in [3.05, 3.63) is 53.1 Å². The Kier molecular flexibility index (Phi) is 5.37. The van der Waals surface area contributed by atoms with Crippen LogP contribution >= 0.6 is 11.3 Å². The average molecular weight is 440 g/mol. The molecule has 0 amide bonds. The van der Waals surface area contributed by atoms with Crippen LogP contribution in [0.1, 0.15) is 29.0 Å². The number of aryl methyl sites for hydroxylation is 2. The molecule has 4 aromatic heterocycles. The van der Waals surface area contributed by atoms with Gasteiger partial charge in [0, 0.05) is 17.3 Å².